The van der Waals surface area contributed by atoms with Crippen LogP contribution in [0, 0.1) is 5.82 Å². The van der Waals surface area contributed by atoms with Crippen LogP contribution in [0.4, 0.5) is 4.39 Å². The first kappa shape index (κ1) is 21.0. The summed E-state index contributed by atoms with van der Waals surface area (Å²) in [6.07, 6.45) is 9.17. The molecule has 2 aromatic heterocycles. The summed E-state index contributed by atoms with van der Waals surface area (Å²) in [5, 5.41) is 2.12. The average Bonchev–Trinajstić information content (AvgIpc) is 3.22. The van der Waals surface area contributed by atoms with Crippen LogP contribution in [-0.4, -0.2) is 40.6 Å². The normalized spacial score (nSPS) is 15.9. The van der Waals surface area contributed by atoms with Crippen LogP contribution in [0.15, 0.2) is 54.9 Å². The zero-order valence-electron chi connectivity index (χ0n) is 18.6. The summed E-state index contributed by atoms with van der Waals surface area (Å²) in [6, 6.07) is 13.7. The first-order valence-corrected chi connectivity index (χ1v) is 11.7. The number of hydrogen-bond acceptors (Lipinski definition) is 3. The average molecular weight is 432 g/mol. The van der Waals surface area contributed by atoms with Crippen molar-refractivity contribution in [3.63, 3.8) is 0 Å². The van der Waals surface area contributed by atoms with Gasteiger partial charge in [-0.25, -0.2) is 4.39 Å². The molecule has 5 heteroatoms. The highest BCUT2D eigenvalue weighted by molar-refractivity contribution is 5.86. The Morgan fingerprint density at radius 2 is 2.06 bits per heavy atom. The first-order valence-electron chi connectivity index (χ1n) is 11.7. The van der Waals surface area contributed by atoms with Crippen LogP contribution in [0.3, 0.4) is 0 Å². The third kappa shape index (κ3) is 4.22. The van der Waals surface area contributed by atoms with Crippen LogP contribution in [0.25, 0.3) is 21.8 Å². The van der Waals surface area contributed by atoms with E-state index < -0.39 is 0 Å². The number of halogens is 1. The molecule has 0 aliphatic carbocycles. The maximum atomic E-state index is 13.6. The van der Waals surface area contributed by atoms with Crippen molar-refractivity contribution in [3.05, 3.63) is 71.8 Å². The molecule has 0 saturated heterocycles. The number of nitrogens with one attached hydrogen (secondary N) is 1. The number of aromatic nitrogens is 2. The van der Waals surface area contributed by atoms with Crippen molar-refractivity contribution in [2.45, 2.75) is 45.1 Å². The van der Waals surface area contributed by atoms with Crippen molar-refractivity contribution in [3.8, 4) is 5.75 Å². The van der Waals surface area contributed by atoms with E-state index in [0.29, 0.717) is 6.04 Å². The van der Waals surface area contributed by atoms with Gasteiger partial charge in [-0.05, 0) is 92.7 Å². The van der Waals surface area contributed by atoms with E-state index in [1.54, 1.807) is 6.07 Å². The fourth-order valence-corrected chi connectivity index (χ4v) is 4.98. The quantitative estimate of drug-likeness (QED) is 0.354. The van der Waals surface area contributed by atoms with Gasteiger partial charge in [-0.15, -0.1) is 0 Å². The lowest BCUT2D eigenvalue weighted by Gasteiger charge is -2.35. The zero-order chi connectivity index (χ0) is 21.9. The minimum absolute atomic E-state index is 0.173. The molecule has 0 bridgehead atoms. The number of pyridine rings is 1. The van der Waals surface area contributed by atoms with Gasteiger partial charge in [-0.3, -0.25) is 9.88 Å². The SMILES string of the molecule is CCCN(CCCCc1c[nH]c2ccc(F)cc12)[C@@H]1COc2c(ccc3ncccc23)C1. The van der Waals surface area contributed by atoms with E-state index in [9.17, 15) is 4.39 Å². The largest absolute Gasteiger partial charge is 0.491 e. The van der Waals surface area contributed by atoms with Gasteiger partial charge in [0.25, 0.3) is 0 Å². The van der Waals surface area contributed by atoms with Crippen molar-refractivity contribution < 1.29 is 9.13 Å². The Balaban J connectivity index is 1.21. The minimum Gasteiger partial charge on any atom is -0.491 e. The molecule has 0 saturated carbocycles. The molecule has 1 atom stereocenters. The number of H-pyrrole nitrogens is 1. The standard InChI is InChI=1S/C27H30FN3O/c1-2-13-31(14-4-3-6-20-17-30-26-11-9-21(28)16-24(20)26)22-15-19-8-10-25-23(7-5-12-29-25)27(19)32-18-22/h5,7-12,16-17,22,30H,2-4,6,13-15,18H2,1H3/t22-/m0/s1. The molecule has 0 fully saturated rings. The molecule has 1 aliphatic rings. The number of benzene rings is 2. The van der Waals surface area contributed by atoms with Gasteiger partial charge in [-0.2, -0.15) is 0 Å². The van der Waals surface area contributed by atoms with Crippen LogP contribution >= 0.6 is 0 Å². The van der Waals surface area contributed by atoms with Crippen molar-refractivity contribution in [1.82, 2.24) is 14.9 Å². The van der Waals surface area contributed by atoms with E-state index in [1.165, 1.54) is 17.2 Å². The number of aromatic amines is 1. The van der Waals surface area contributed by atoms with Crippen LogP contribution in [0.1, 0.15) is 37.3 Å². The number of unbranched alkanes of at least 4 members (excludes halogenated alkanes) is 1. The molecule has 5 rings (SSSR count). The molecule has 3 heterocycles. The molecular formula is C27H30FN3O. The molecular weight excluding hydrogens is 401 g/mol. The van der Waals surface area contributed by atoms with Crippen LogP contribution in [-0.2, 0) is 12.8 Å². The van der Waals surface area contributed by atoms with Gasteiger partial charge in [0, 0.05) is 34.7 Å². The smallest absolute Gasteiger partial charge is 0.132 e. The number of nitrogens with zero attached hydrogens (tertiary/aromatic N) is 2. The first-order chi connectivity index (χ1) is 15.7. The van der Waals surface area contributed by atoms with Gasteiger partial charge >= 0.3 is 0 Å². The van der Waals surface area contributed by atoms with Gasteiger partial charge in [0.1, 0.15) is 18.2 Å². The molecule has 32 heavy (non-hydrogen) atoms. The third-order valence-corrected chi connectivity index (χ3v) is 6.59. The number of ether oxygens (including phenoxy) is 1. The Hall–Kier alpha value is -2.92. The monoisotopic (exact) mass is 431 g/mol. The zero-order valence-corrected chi connectivity index (χ0v) is 18.6. The lowest BCUT2D eigenvalue weighted by atomic mass is 9.98. The summed E-state index contributed by atoms with van der Waals surface area (Å²) in [5.41, 5.74) is 4.49. The number of rotatable bonds is 8. The second kappa shape index (κ2) is 9.29. The molecule has 2 aromatic carbocycles. The highest BCUT2D eigenvalue weighted by Crippen LogP contribution is 2.33. The Morgan fingerprint density at radius 1 is 1.12 bits per heavy atom. The van der Waals surface area contributed by atoms with Gasteiger partial charge in [-0.1, -0.05) is 13.0 Å². The highest BCUT2D eigenvalue weighted by Gasteiger charge is 2.26. The van der Waals surface area contributed by atoms with Crippen molar-refractivity contribution in [1.29, 1.82) is 0 Å². The van der Waals surface area contributed by atoms with E-state index in [1.807, 2.05) is 24.5 Å². The fourth-order valence-electron chi connectivity index (χ4n) is 4.98. The molecule has 4 aromatic rings. The second-order valence-electron chi connectivity index (χ2n) is 8.79. The molecule has 166 valence electrons. The number of aryl methyl sites for hydroxylation is 1. The minimum atomic E-state index is -0.173. The summed E-state index contributed by atoms with van der Waals surface area (Å²) in [7, 11) is 0. The Morgan fingerprint density at radius 3 is 2.97 bits per heavy atom. The van der Waals surface area contributed by atoms with Gasteiger partial charge in [0.05, 0.1) is 5.52 Å². The molecule has 4 nitrogen and oxygen atoms in total. The van der Waals surface area contributed by atoms with E-state index in [4.69, 9.17) is 4.74 Å². The summed E-state index contributed by atoms with van der Waals surface area (Å²) in [6.45, 7) is 5.10. The van der Waals surface area contributed by atoms with Gasteiger partial charge < -0.3 is 9.72 Å². The van der Waals surface area contributed by atoms with E-state index in [0.717, 1.165) is 79.4 Å². The Kier molecular flexibility index (Phi) is 6.08. The Labute approximate surface area is 188 Å². The topological polar surface area (TPSA) is 41.2 Å². The summed E-state index contributed by atoms with van der Waals surface area (Å²) >= 11 is 0. The van der Waals surface area contributed by atoms with Crippen LogP contribution in [0.5, 0.6) is 5.75 Å². The van der Waals surface area contributed by atoms with Crippen molar-refractivity contribution >= 4 is 21.8 Å². The molecule has 1 aliphatic heterocycles. The Bertz CT molecular complexity index is 1220. The predicted molar refractivity (Wildman–Crippen MR) is 128 cm³/mol. The number of fused-ring (bicyclic) bond motifs is 4. The van der Waals surface area contributed by atoms with E-state index in [2.05, 4.69) is 40.0 Å². The van der Waals surface area contributed by atoms with E-state index in [-0.39, 0.29) is 5.82 Å². The molecule has 0 spiro atoms. The summed E-state index contributed by atoms with van der Waals surface area (Å²) < 4.78 is 19.9. The molecule has 0 radical (unpaired) electrons. The van der Waals surface area contributed by atoms with Crippen molar-refractivity contribution in [2.75, 3.05) is 19.7 Å². The lowest BCUT2D eigenvalue weighted by molar-refractivity contribution is 0.118. The highest BCUT2D eigenvalue weighted by atomic mass is 19.1. The number of hydrogen-bond donors (Lipinski definition) is 1. The lowest BCUT2D eigenvalue weighted by Crippen LogP contribution is -2.44. The summed E-state index contributed by atoms with van der Waals surface area (Å²) in [4.78, 5) is 10.3. The molecule has 0 amide bonds. The third-order valence-electron chi connectivity index (χ3n) is 6.59. The van der Waals surface area contributed by atoms with E-state index >= 15 is 0 Å². The molecule has 0 unspecified atom stereocenters. The fraction of sp³-hybridized carbons (Fsp3) is 0.370. The second-order valence-corrected chi connectivity index (χ2v) is 8.79. The van der Waals surface area contributed by atoms with Crippen LogP contribution < -0.4 is 4.74 Å². The predicted octanol–water partition coefficient (Wildman–Crippen LogP) is 5.89. The van der Waals surface area contributed by atoms with Crippen LogP contribution in [0.2, 0.25) is 0 Å². The van der Waals surface area contributed by atoms with Gasteiger partial charge in [0.2, 0.25) is 0 Å². The maximum Gasteiger partial charge on any atom is 0.132 e. The van der Waals surface area contributed by atoms with Gasteiger partial charge in [0.15, 0.2) is 0 Å². The molecule has 1 N–H and O–H groups in total. The maximum absolute atomic E-state index is 13.6. The summed E-state index contributed by atoms with van der Waals surface area (Å²) in [5.74, 6) is 0.837. The van der Waals surface area contributed by atoms with Crippen molar-refractivity contribution in [2.24, 2.45) is 0 Å².